The molecule has 8 heteroatoms. The number of ether oxygens (including phenoxy) is 2. The van der Waals surface area contributed by atoms with Crippen LogP contribution in [0.4, 0.5) is 0 Å². The fraction of sp³-hybridized carbons (Fsp3) is 0.0526. The molecular weight excluding hydrogens is 653 g/mol. The molecule has 0 aromatic heterocycles. The second-order valence-corrected chi connectivity index (χ2v) is 16.8. The molecule has 0 heterocycles. The van der Waals surface area contributed by atoms with Crippen molar-refractivity contribution in [1.82, 2.24) is 0 Å². The van der Waals surface area contributed by atoms with E-state index in [0.717, 1.165) is 0 Å². The van der Waals surface area contributed by atoms with E-state index >= 15 is 9.13 Å². The van der Waals surface area contributed by atoms with Crippen molar-refractivity contribution < 1.29 is 18.6 Å². The number of hydrogen-bond acceptors (Lipinski definition) is 4. The van der Waals surface area contributed by atoms with E-state index in [1.807, 2.05) is 121 Å². The molecule has 0 unspecified atom stereocenters. The lowest BCUT2D eigenvalue weighted by molar-refractivity contribution is 0.411. The molecule has 0 aliphatic carbocycles. The van der Waals surface area contributed by atoms with Gasteiger partial charge in [0.05, 0.1) is 24.3 Å². The Hall–Kier alpha value is -4.04. The molecule has 0 saturated heterocycles. The van der Waals surface area contributed by atoms with Gasteiger partial charge in [-0.05, 0) is 24.3 Å². The summed E-state index contributed by atoms with van der Waals surface area (Å²) in [7, 11) is -4.24. The Bertz CT molecular complexity index is 1850. The van der Waals surface area contributed by atoms with Crippen molar-refractivity contribution in [3.05, 3.63) is 156 Å². The highest BCUT2D eigenvalue weighted by molar-refractivity contribution is 7.86. The zero-order chi connectivity index (χ0) is 32.3. The average Bonchev–Trinajstić information content (AvgIpc) is 3.12. The summed E-state index contributed by atoms with van der Waals surface area (Å²) in [4.78, 5) is 0. The van der Waals surface area contributed by atoms with Crippen LogP contribution in [0.5, 0.6) is 11.5 Å². The molecule has 0 atom stereocenters. The van der Waals surface area contributed by atoms with E-state index in [9.17, 15) is 0 Å². The van der Waals surface area contributed by atoms with Crippen molar-refractivity contribution in [1.29, 1.82) is 0 Å². The van der Waals surface area contributed by atoms with Gasteiger partial charge >= 0.3 is 0 Å². The topological polar surface area (TPSA) is 52.6 Å². The molecule has 0 spiro atoms. The number of halogens is 2. The number of methoxy groups -OCH3 is 2. The molecule has 6 aromatic rings. The van der Waals surface area contributed by atoms with Crippen LogP contribution in [-0.2, 0) is 9.13 Å². The first-order valence-electron chi connectivity index (χ1n) is 14.5. The zero-order valence-corrected chi connectivity index (χ0v) is 28.4. The largest absolute Gasteiger partial charge is 0.495 e. The molecular formula is C38H30Cl2O4P2. The Labute approximate surface area is 279 Å². The predicted molar refractivity (Wildman–Crippen MR) is 194 cm³/mol. The number of benzene rings is 6. The van der Waals surface area contributed by atoms with Crippen LogP contribution in [0.15, 0.2) is 146 Å². The summed E-state index contributed by atoms with van der Waals surface area (Å²) >= 11 is 13.7. The first-order chi connectivity index (χ1) is 22.3. The SMILES string of the molecule is COc1c(Cl)ccc(P(=O)(c2ccccc2)c2ccccc2)c1-c1c(P(=O)(c2ccccc2)c2ccccc2)ccc(Cl)c1OC. The van der Waals surface area contributed by atoms with E-state index in [4.69, 9.17) is 32.7 Å². The van der Waals surface area contributed by atoms with Crippen LogP contribution in [0.25, 0.3) is 11.1 Å². The van der Waals surface area contributed by atoms with Crippen LogP contribution in [0.3, 0.4) is 0 Å². The minimum absolute atomic E-state index is 0.265. The van der Waals surface area contributed by atoms with Gasteiger partial charge in [0.2, 0.25) is 0 Å². The van der Waals surface area contributed by atoms with Crippen molar-refractivity contribution in [2.75, 3.05) is 14.2 Å². The standard InChI is InChI=1S/C38H30Cl2O4P2/c1-43-37-31(39)23-25-33(45(41,27-15-7-3-8-16-27)28-17-9-4-10-18-28)35(37)36-34(26-24-32(40)38(36)44-2)46(42,29-19-11-5-12-20-29)30-21-13-6-14-22-30/h3-26H,1-2H3. The molecule has 0 N–H and O–H groups in total. The summed E-state index contributed by atoms with van der Waals surface area (Å²) in [5.74, 6) is 0.529. The van der Waals surface area contributed by atoms with Gasteiger partial charge in [-0.15, -0.1) is 0 Å². The summed E-state index contributed by atoms with van der Waals surface area (Å²) in [6.45, 7) is 0. The molecule has 0 saturated carbocycles. The van der Waals surface area contributed by atoms with Crippen molar-refractivity contribution in [2.24, 2.45) is 0 Å². The van der Waals surface area contributed by atoms with Crippen LogP contribution in [0.1, 0.15) is 0 Å². The Balaban J connectivity index is 1.83. The van der Waals surface area contributed by atoms with E-state index in [1.54, 1.807) is 24.3 Å². The second-order valence-electron chi connectivity index (χ2n) is 10.5. The maximum atomic E-state index is 15.9. The monoisotopic (exact) mass is 682 g/mol. The third kappa shape index (κ3) is 5.40. The third-order valence-corrected chi connectivity index (χ3v) is 14.8. The van der Waals surface area contributed by atoms with Gasteiger partial charge in [-0.2, -0.15) is 0 Å². The van der Waals surface area contributed by atoms with Crippen LogP contribution < -0.4 is 41.3 Å². The Morgan fingerprint density at radius 2 is 0.674 bits per heavy atom. The second kappa shape index (κ2) is 13.4. The highest BCUT2D eigenvalue weighted by Crippen LogP contribution is 2.54. The van der Waals surface area contributed by atoms with Gasteiger partial charge in [0.25, 0.3) is 0 Å². The molecule has 46 heavy (non-hydrogen) atoms. The molecule has 0 radical (unpaired) electrons. The maximum absolute atomic E-state index is 15.9. The predicted octanol–water partition coefficient (Wildman–Crippen LogP) is 7.96. The molecule has 0 fully saturated rings. The van der Waals surface area contributed by atoms with E-state index in [-0.39, 0.29) is 21.5 Å². The molecule has 0 bridgehead atoms. The smallest absolute Gasteiger partial charge is 0.171 e. The van der Waals surface area contributed by atoms with Crippen molar-refractivity contribution >= 4 is 69.3 Å². The van der Waals surface area contributed by atoms with Gasteiger partial charge in [0, 0.05) is 43.0 Å². The zero-order valence-electron chi connectivity index (χ0n) is 25.1. The quantitative estimate of drug-likeness (QED) is 0.145. The highest BCUT2D eigenvalue weighted by Gasteiger charge is 2.40. The van der Waals surface area contributed by atoms with Gasteiger partial charge < -0.3 is 18.6 Å². The highest BCUT2D eigenvalue weighted by atomic mass is 35.5. The first kappa shape index (κ1) is 31.9. The molecule has 0 amide bonds. The van der Waals surface area contributed by atoms with E-state index in [2.05, 4.69) is 0 Å². The summed E-state index contributed by atoms with van der Waals surface area (Å²) in [6.07, 6.45) is 0. The fourth-order valence-electron chi connectivity index (χ4n) is 5.91. The molecule has 0 aliphatic rings. The van der Waals surface area contributed by atoms with Crippen LogP contribution in [-0.4, -0.2) is 14.2 Å². The van der Waals surface area contributed by atoms with Crippen LogP contribution in [0, 0.1) is 0 Å². The number of rotatable bonds is 9. The normalized spacial score (nSPS) is 11.7. The van der Waals surface area contributed by atoms with E-state index in [0.29, 0.717) is 43.0 Å². The Morgan fingerprint density at radius 1 is 0.413 bits per heavy atom. The lowest BCUT2D eigenvalue weighted by atomic mass is 10.0. The van der Waals surface area contributed by atoms with Gasteiger partial charge in [0.1, 0.15) is 11.5 Å². The van der Waals surface area contributed by atoms with Gasteiger partial charge in [0.15, 0.2) is 14.3 Å². The van der Waals surface area contributed by atoms with E-state index in [1.165, 1.54) is 14.2 Å². The molecule has 6 aromatic carbocycles. The van der Waals surface area contributed by atoms with E-state index < -0.39 is 14.3 Å². The average molecular weight is 684 g/mol. The molecule has 230 valence electrons. The third-order valence-electron chi connectivity index (χ3n) is 7.99. The molecule has 4 nitrogen and oxygen atoms in total. The van der Waals surface area contributed by atoms with Crippen LogP contribution >= 0.6 is 37.5 Å². The summed E-state index contributed by atoms with van der Waals surface area (Å²) in [5.41, 5.74) is 0.792. The molecule has 6 rings (SSSR count). The first-order valence-corrected chi connectivity index (χ1v) is 18.7. The Kier molecular flexibility index (Phi) is 9.27. The summed E-state index contributed by atoms with van der Waals surface area (Å²) in [5, 5.41) is 3.92. The fourth-order valence-corrected chi connectivity index (χ4v) is 12.1. The van der Waals surface area contributed by atoms with Gasteiger partial charge in [-0.25, -0.2) is 0 Å². The lowest BCUT2D eigenvalue weighted by Crippen LogP contribution is -2.30. The van der Waals surface area contributed by atoms with Gasteiger partial charge in [-0.1, -0.05) is 145 Å². The van der Waals surface area contributed by atoms with Crippen molar-refractivity contribution in [3.63, 3.8) is 0 Å². The maximum Gasteiger partial charge on any atom is 0.171 e. The minimum atomic E-state index is -3.63. The van der Waals surface area contributed by atoms with Crippen molar-refractivity contribution in [2.45, 2.75) is 0 Å². The van der Waals surface area contributed by atoms with Gasteiger partial charge in [-0.3, -0.25) is 0 Å². The van der Waals surface area contributed by atoms with Crippen LogP contribution in [0.2, 0.25) is 10.0 Å². The lowest BCUT2D eigenvalue weighted by Gasteiger charge is -2.29. The summed E-state index contributed by atoms with van der Waals surface area (Å²) < 4.78 is 43.9. The Morgan fingerprint density at radius 3 is 0.913 bits per heavy atom. The number of hydrogen-bond donors (Lipinski definition) is 0. The molecule has 0 aliphatic heterocycles. The summed E-state index contributed by atoms with van der Waals surface area (Å²) in [6, 6.07) is 44.2. The van der Waals surface area contributed by atoms with Crippen molar-refractivity contribution in [3.8, 4) is 22.6 Å². The minimum Gasteiger partial charge on any atom is -0.495 e.